The van der Waals surface area contributed by atoms with E-state index in [-0.39, 0.29) is 17.4 Å². The van der Waals surface area contributed by atoms with E-state index in [1.807, 2.05) is 20.8 Å². The topological polar surface area (TPSA) is 54.0 Å². The van der Waals surface area contributed by atoms with Gasteiger partial charge in [0.25, 0.3) is 0 Å². The highest BCUT2D eigenvalue weighted by Crippen LogP contribution is 2.32. The lowest BCUT2D eigenvalue weighted by atomic mass is 9.86. The maximum Gasteiger partial charge on any atom is 0.223 e. The minimum Gasteiger partial charge on any atom is -0.377 e. The first kappa shape index (κ1) is 25.6. The molecule has 0 aromatic heterocycles. The van der Waals surface area contributed by atoms with Crippen molar-refractivity contribution in [3.05, 3.63) is 0 Å². The Morgan fingerprint density at radius 2 is 1.70 bits per heavy atom. The highest BCUT2D eigenvalue weighted by molar-refractivity contribution is 5.78. The number of likely N-dealkylation sites (N-methyl/N-ethyl adjacent to an activating group) is 1. The van der Waals surface area contributed by atoms with E-state index in [4.69, 9.17) is 9.47 Å². The molecule has 2 fully saturated rings. The first-order valence-corrected chi connectivity index (χ1v) is 11.9. The van der Waals surface area contributed by atoms with E-state index in [9.17, 15) is 4.79 Å². The summed E-state index contributed by atoms with van der Waals surface area (Å²) < 4.78 is 11.2. The monoisotopic (exact) mass is 425 g/mol. The van der Waals surface area contributed by atoms with Gasteiger partial charge in [-0.25, -0.2) is 0 Å². The third-order valence-electron chi connectivity index (χ3n) is 6.24. The Balaban J connectivity index is 1.59. The second-order valence-corrected chi connectivity index (χ2v) is 11.4. The van der Waals surface area contributed by atoms with Gasteiger partial charge in [-0.3, -0.25) is 9.69 Å². The zero-order valence-electron chi connectivity index (χ0n) is 20.6. The maximum atomic E-state index is 12.5. The van der Waals surface area contributed by atoms with E-state index < -0.39 is 0 Å². The summed E-state index contributed by atoms with van der Waals surface area (Å²) in [6.07, 6.45) is 4.46. The summed E-state index contributed by atoms with van der Waals surface area (Å²) in [4.78, 5) is 17.7. The summed E-state index contributed by atoms with van der Waals surface area (Å²) in [7, 11) is 2.27. The minimum atomic E-state index is -0.131. The lowest BCUT2D eigenvalue weighted by Crippen LogP contribution is -2.46. The Hall–Kier alpha value is -0.690. The lowest BCUT2D eigenvalue weighted by Gasteiger charge is -2.35. The Labute approximate surface area is 185 Å². The van der Waals surface area contributed by atoms with Gasteiger partial charge in [0.05, 0.1) is 25.4 Å². The SMILES string of the molecule is CN1C[C@@H](N2CCC(C(=O)NCCOCCOC(C)(C)C)CC2)C[C@H]1CC(C)(C)C. The van der Waals surface area contributed by atoms with Crippen LogP contribution in [-0.4, -0.2) is 86.4 Å². The predicted octanol–water partition coefficient (Wildman–Crippen LogP) is 3.16. The molecule has 0 aliphatic carbocycles. The van der Waals surface area contributed by atoms with Gasteiger partial charge in [-0.05, 0) is 72.0 Å². The van der Waals surface area contributed by atoms with Crippen LogP contribution in [0.5, 0.6) is 0 Å². The summed E-state index contributed by atoms with van der Waals surface area (Å²) >= 11 is 0. The van der Waals surface area contributed by atoms with Crippen LogP contribution < -0.4 is 5.32 Å². The number of hydrogen-bond acceptors (Lipinski definition) is 5. The fraction of sp³-hybridized carbons (Fsp3) is 0.958. The number of rotatable bonds is 9. The number of likely N-dealkylation sites (tertiary alicyclic amines) is 2. The predicted molar refractivity (Wildman–Crippen MR) is 123 cm³/mol. The first-order chi connectivity index (χ1) is 13.9. The molecule has 0 unspecified atom stereocenters. The zero-order valence-corrected chi connectivity index (χ0v) is 20.6. The molecule has 0 aromatic carbocycles. The number of piperidine rings is 1. The van der Waals surface area contributed by atoms with Crippen molar-refractivity contribution in [2.24, 2.45) is 11.3 Å². The summed E-state index contributed by atoms with van der Waals surface area (Å²) in [6.45, 7) is 18.6. The molecular formula is C24H47N3O3. The van der Waals surface area contributed by atoms with E-state index in [0.29, 0.717) is 43.9 Å². The van der Waals surface area contributed by atoms with Crippen LogP contribution in [0.2, 0.25) is 0 Å². The van der Waals surface area contributed by atoms with Crippen molar-refractivity contribution in [1.29, 1.82) is 0 Å². The summed E-state index contributed by atoms with van der Waals surface area (Å²) in [5.74, 6) is 0.341. The molecule has 0 spiro atoms. The van der Waals surface area contributed by atoms with Crippen LogP contribution in [0.15, 0.2) is 0 Å². The van der Waals surface area contributed by atoms with Crippen LogP contribution in [0.1, 0.15) is 67.2 Å². The number of carbonyl (C=O) groups excluding carboxylic acids is 1. The minimum absolute atomic E-state index is 0.131. The van der Waals surface area contributed by atoms with Gasteiger partial charge in [0.15, 0.2) is 0 Å². The van der Waals surface area contributed by atoms with Crippen LogP contribution in [0.4, 0.5) is 0 Å². The average molecular weight is 426 g/mol. The van der Waals surface area contributed by atoms with Gasteiger partial charge < -0.3 is 19.7 Å². The molecule has 6 heteroatoms. The molecule has 30 heavy (non-hydrogen) atoms. The smallest absolute Gasteiger partial charge is 0.223 e. The fourth-order valence-corrected chi connectivity index (χ4v) is 4.69. The Morgan fingerprint density at radius 1 is 1.03 bits per heavy atom. The van der Waals surface area contributed by atoms with E-state index in [1.165, 1.54) is 12.8 Å². The fourth-order valence-electron chi connectivity index (χ4n) is 4.69. The molecule has 2 aliphatic heterocycles. The molecule has 0 aromatic rings. The number of amides is 1. The zero-order chi connectivity index (χ0) is 22.4. The van der Waals surface area contributed by atoms with Gasteiger partial charge in [-0.1, -0.05) is 20.8 Å². The highest BCUT2D eigenvalue weighted by Gasteiger charge is 2.37. The molecule has 0 saturated carbocycles. The van der Waals surface area contributed by atoms with Crippen LogP contribution >= 0.6 is 0 Å². The number of nitrogens with zero attached hydrogens (tertiary/aromatic N) is 2. The van der Waals surface area contributed by atoms with Crippen LogP contribution in [0, 0.1) is 11.3 Å². The molecule has 176 valence electrons. The molecule has 2 heterocycles. The summed E-state index contributed by atoms with van der Waals surface area (Å²) in [5, 5.41) is 3.05. The molecular weight excluding hydrogens is 378 g/mol. The molecule has 1 amide bonds. The van der Waals surface area contributed by atoms with Gasteiger partial charge in [0, 0.05) is 31.1 Å². The molecule has 0 radical (unpaired) electrons. The normalized spacial score (nSPS) is 25.0. The van der Waals surface area contributed by atoms with E-state index >= 15 is 0 Å². The second-order valence-electron chi connectivity index (χ2n) is 11.4. The van der Waals surface area contributed by atoms with Crippen molar-refractivity contribution < 1.29 is 14.3 Å². The Bertz CT molecular complexity index is 519. The number of carbonyl (C=O) groups is 1. The van der Waals surface area contributed by atoms with Gasteiger partial charge >= 0.3 is 0 Å². The van der Waals surface area contributed by atoms with E-state index in [0.717, 1.165) is 32.5 Å². The van der Waals surface area contributed by atoms with Crippen molar-refractivity contribution in [1.82, 2.24) is 15.1 Å². The molecule has 2 aliphatic rings. The van der Waals surface area contributed by atoms with Gasteiger partial charge in [-0.2, -0.15) is 0 Å². The number of ether oxygens (including phenoxy) is 2. The molecule has 0 bridgehead atoms. The number of hydrogen-bond donors (Lipinski definition) is 1. The third kappa shape index (κ3) is 9.21. The van der Waals surface area contributed by atoms with Crippen LogP contribution in [0.25, 0.3) is 0 Å². The average Bonchev–Trinajstić information content (AvgIpc) is 2.98. The third-order valence-corrected chi connectivity index (χ3v) is 6.24. The van der Waals surface area contributed by atoms with Crippen LogP contribution in [0.3, 0.4) is 0 Å². The second kappa shape index (κ2) is 11.3. The van der Waals surface area contributed by atoms with Gasteiger partial charge in [-0.15, -0.1) is 0 Å². The van der Waals surface area contributed by atoms with E-state index in [2.05, 4.69) is 42.9 Å². The van der Waals surface area contributed by atoms with Crippen molar-refractivity contribution in [2.45, 2.75) is 84.9 Å². The van der Waals surface area contributed by atoms with Crippen molar-refractivity contribution in [3.63, 3.8) is 0 Å². The quantitative estimate of drug-likeness (QED) is 0.575. The molecule has 2 rings (SSSR count). The van der Waals surface area contributed by atoms with Gasteiger partial charge in [0.1, 0.15) is 0 Å². The molecule has 6 nitrogen and oxygen atoms in total. The van der Waals surface area contributed by atoms with Crippen molar-refractivity contribution in [2.75, 3.05) is 53.0 Å². The maximum absolute atomic E-state index is 12.5. The van der Waals surface area contributed by atoms with Crippen molar-refractivity contribution in [3.8, 4) is 0 Å². The Morgan fingerprint density at radius 3 is 2.30 bits per heavy atom. The Kier molecular flexibility index (Phi) is 9.59. The molecule has 1 N–H and O–H groups in total. The molecule has 2 atom stereocenters. The summed E-state index contributed by atoms with van der Waals surface area (Å²) in [6, 6.07) is 1.33. The largest absolute Gasteiger partial charge is 0.377 e. The van der Waals surface area contributed by atoms with Crippen LogP contribution in [-0.2, 0) is 14.3 Å². The standard InChI is InChI=1S/C24H47N3O3/c1-23(2,3)17-20-16-21(18-26(20)7)27-11-8-19(9-12-27)22(28)25-10-13-29-14-15-30-24(4,5)6/h19-21H,8-18H2,1-7H3,(H,25,28)/t20-,21-/m0/s1. The van der Waals surface area contributed by atoms with Crippen molar-refractivity contribution >= 4 is 5.91 Å². The highest BCUT2D eigenvalue weighted by atomic mass is 16.5. The molecule has 2 saturated heterocycles. The summed E-state index contributed by atoms with van der Waals surface area (Å²) in [5.41, 5.74) is 0.246. The number of nitrogens with one attached hydrogen (secondary N) is 1. The lowest BCUT2D eigenvalue weighted by molar-refractivity contribution is -0.126. The van der Waals surface area contributed by atoms with E-state index in [1.54, 1.807) is 0 Å². The first-order valence-electron chi connectivity index (χ1n) is 11.9. The van der Waals surface area contributed by atoms with Gasteiger partial charge in [0.2, 0.25) is 5.91 Å².